The van der Waals surface area contributed by atoms with Crippen LogP contribution in [0.4, 0.5) is 0 Å². The van der Waals surface area contributed by atoms with Crippen molar-refractivity contribution in [2.45, 2.75) is 30.7 Å². The number of hydrogen-bond donors (Lipinski definition) is 3. The second-order valence-corrected chi connectivity index (χ2v) is 7.16. The van der Waals surface area contributed by atoms with Gasteiger partial charge in [-0.3, -0.25) is 4.79 Å². The molecule has 6 nitrogen and oxygen atoms in total. The molecule has 1 atom stereocenters. The van der Waals surface area contributed by atoms with E-state index in [0.29, 0.717) is 30.5 Å². The number of sulfonamides is 1. The fraction of sp³-hybridized carbons (Fsp3) is 0.385. The van der Waals surface area contributed by atoms with Crippen molar-refractivity contribution < 1.29 is 13.2 Å². The molecule has 1 amide bonds. The van der Waals surface area contributed by atoms with Crippen molar-refractivity contribution in [2.75, 3.05) is 6.54 Å². The van der Waals surface area contributed by atoms with Gasteiger partial charge in [0.2, 0.25) is 15.9 Å². The molecule has 1 aliphatic rings. The van der Waals surface area contributed by atoms with E-state index in [2.05, 4.69) is 10.0 Å². The quantitative estimate of drug-likeness (QED) is 0.685. The molecule has 2 rings (SSSR count). The second kappa shape index (κ2) is 6.08. The molecule has 1 aromatic rings. The van der Waals surface area contributed by atoms with Gasteiger partial charge in [-0.1, -0.05) is 18.3 Å². The van der Waals surface area contributed by atoms with Gasteiger partial charge < -0.3 is 11.1 Å². The summed E-state index contributed by atoms with van der Waals surface area (Å²) in [5.41, 5.74) is 6.93. The first-order valence-corrected chi connectivity index (χ1v) is 8.38. The fourth-order valence-electron chi connectivity index (χ4n) is 2.20. The summed E-state index contributed by atoms with van der Waals surface area (Å²) in [7, 11) is -3.63. The van der Waals surface area contributed by atoms with E-state index in [1.54, 1.807) is 13.0 Å². The Morgan fingerprint density at radius 3 is 2.71 bits per heavy atom. The van der Waals surface area contributed by atoms with Crippen molar-refractivity contribution in [1.29, 1.82) is 0 Å². The average Bonchev–Trinajstić information content (AvgIpc) is 2.40. The van der Waals surface area contributed by atoms with Crippen LogP contribution in [0.15, 0.2) is 23.1 Å². The third-order valence-electron chi connectivity index (χ3n) is 3.36. The zero-order valence-corrected chi connectivity index (χ0v) is 13.2. The van der Waals surface area contributed by atoms with Gasteiger partial charge in [-0.25, -0.2) is 13.1 Å². The maximum absolute atomic E-state index is 12.3. The van der Waals surface area contributed by atoms with Crippen LogP contribution in [0.3, 0.4) is 0 Å². The molecule has 1 fully saturated rings. The Morgan fingerprint density at radius 2 is 2.19 bits per heavy atom. The minimum atomic E-state index is -3.63. The minimum absolute atomic E-state index is 0.0536. The number of carbonyl (C=O) groups excluding carboxylic acids is 1. The van der Waals surface area contributed by atoms with Crippen LogP contribution in [0.5, 0.6) is 0 Å². The van der Waals surface area contributed by atoms with Crippen LogP contribution < -0.4 is 15.8 Å². The molecule has 0 radical (unpaired) electrons. The maximum Gasteiger partial charge on any atom is 0.240 e. The van der Waals surface area contributed by atoms with Gasteiger partial charge in [-0.05, 0) is 31.0 Å². The van der Waals surface area contributed by atoms with E-state index in [9.17, 15) is 13.2 Å². The van der Waals surface area contributed by atoms with E-state index in [-0.39, 0.29) is 21.8 Å². The van der Waals surface area contributed by atoms with E-state index >= 15 is 0 Å². The van der Waals surface area contributed by atoms with Crippen molar-refractivity contribution >= 4 is 33.1 Å². The lowest BCUT2D eigenvalue weighted by Gasteiger charge is -2.23. The van der Waals surface area contributed by atoms with Crippen molar-refractivity contribution in [3.05, 3.63) is 29.3 Å². The Kier molecular flexibility index (Phi) is 4.60. The molecule has 0 saturated carbocycles. The Labute approximate surface area is 129 Å². The zero-order valence-electron chi connectivity index (χ0n) is 11.5. The van der Waals surface area contributed by atoms with Crippen LogP contribution in [0.2, 0.25) is 0 Å². The molecule has 1 saturated heterocycles. The summed E-state index contributed by atoms with van der Waals surface area (Å²) in [6, 6.07) is 4.33. The van der Waals surface area contributed by atoms with Gasteiger partial charge in [-0.2, -0.15) is 0 Å². The van der Waals surface area contributed by atoms with E-state index in [1.165, 1.54) is 12.1 Å². The number of nitrogens with one attached hydrogen (secondary N) is 2. The first-order chi connectivity index (χ1) is 9.79. The van der Waals surface area contributed by atoms with Gasteiger partial charge in [0.05, 0.1) is 4.90 Å². The standard InChI is InChI=1S/C13H17N3O3S2/c1-8-6-10(3-4-11(8)13(14)20)21(18,19)16-9-2-5-12(17)15-7-9/h3-4,6,9,16H,2,5,7H2,1H3,(H2,14,20)(H,15,17). The van der Waals surface area contributed by atoms with Crippen LogP contribution in [0.25, 0.3) is 0 Å². The highest BCUT2D eigenvalue weighted by Gasteiger charge is 2.24. The minimum Gasteiger partial charge on any atom is -0.389 e. The summed E-state index contributed by atoms with van der Waals surface area (Å²) < 4.78 is 27.3. The number of rotatable bonds is 4. The summed E-state index contributed by atoms with van der Waals surface area (Å²) in [5, 5.41) is 2.64. The molecule has 0 spiro atoms. The van der Waals surface area contributed by atoms with Crippen molar-refractivity contribution in [2.24, 2.45) is 5.73 Å². The highest BCUT2D eigenvalue weighted by atomic mass is 32.2. The number of aryl methyl sites for hydroxylation is 1. The number of benzene rings is 1. The van der Waals surface area contributed by atoms with E-state index in [4.69, 9.17) is 18.0 Å². The zero-order chi connectivity index (χ0) is 15.6. The SMILES string of the molecule is Cc1cc(S(=O)(=O)NC2CCC(=O)NC2)ccc1C(N)=S. The van der Waals surface area contributed by atoms with Crippen LogP contribution in [0.1, 0.15) is 24.0 Å². The van der Waals surface area contributed by atoms with Gasteiger partial charge in [0, 0.05) is 24.6 Å². The van der Waals surface area contributed by atoms with Gasteiger partial charge in [0.15, 0.2) is 0 Å². The predicted molar refractivity (Wildman–Crippen MR) is 83.4 cm³/mol. The average molecular weight is 327 g/mol. The highest BCUT2D eigenvalue weighted by Crippen LogP contribution is 2.17. The Bertz CT molecular complexity index is 676. The second-order valence-electron chi connectivity index (χ2n) is 5.00. The molecule has 4 N–H and O–H groups in total. The molecule has 1 unspecified atom stereocenters. The highest BCUT2D eigenvalue weighted by molar-refractivity contribution is 7.89. The molecule has 1 aliphatic heterocycles. The lowest BCUT2D eigenvalue weighted by Crippen LogP contribution is -2.47. The number of hydrogen-bond acceptors (Lipinski definition) is 4. The molecular weight excluding hydrogens is 310 g/mol. The lowest BCUT2D eigenvalue weighted by molar-refractivity contribution is -0.122. The summed E-state index contributed by atoms with van der Waals surface area (Å²) in [6.07, 6.45) is 0.821. The first-order valence-electron chi connectivity index (χ1n) is 6.49. The summed E-state index contributed by atoms with van der Waals surface area (Å²) >= 11 is 4.90. The van der Waals surface area contributed by atoms with E-state index < -0.39 is 10.0 Å². The normalized spacial score (nSPS) is 19.1. The largest absolute Gasteiger partial charge is 0.389 e. The molecule has 0 bridgehead atoms. The Hall–Kier alpha value is -1.51. The Morgan fingerprint density at radius 1 is 1.48 bits per heavy atom. The van der Waals surface area contributed by atoms with Crippen LogP contribution in [-0.4, -0.2) is 31.9 Å². The fourth-order valence-corrected chi connectivity index (χ4v) is 3.78. The summed E-state index contributed by atoms with van der Waals surface area (Å²) in [4.78, 5) is 11.5. The smallest absolute Gasteiger partial charge is 0.240 e. The maximum atomic E-state index is 12.3. The first kappa shape index (κ1) is 15.9. The van der Waals surface area contributed by atoms with Crippen LogP contribution in [0, 0.1) is 6.92 Å². The van der Waals surface area contributed by atoms with Gasteiger partial charge in [0.1, 0.15) is 4.99 Å². The topological polar surface area (TPSA) is 101 Å². The van der Waals surface area contributed by atoms with E-state index in [1.807, 2.05) is 0 Å². The summed E-state index contributed by atoms with van der Waals surface area (Å²) in [6.45, 7) is 2.07. The van der Waals surface area contributed by atoms with Crippen LogP contribution in [-0.2, 0) is 14.8 Å². The predicted octanol–water partition coefficient (Wildman–Crippen LogP) is 0.186. The number of thiocarbonyl (C=S) groups is 1. The molecule has 0 aromatic heterocycles. The van der Waals surface area contributed by atoms with Crippen molar-refractivity contribution in [3.63, 3.8) is 0 Å². The third kappa shape index (κ3) is 3.78. The number of nitrogens with two attached hydrogens (primary N) is 1. The third-order valence-corrected chi connectivity index (χ3v) is 5.10. The van der Waals surface area contributed by atoms with Crippen molar-refractivity contribution in [1.82, 2.24) is 10.0 Å². The number of piperidine rings is 1. The number of carbonyl (C=O) groups is 1. The monoisotopic (exact) mass is 327 g/mol. The lowest BCUT2D eigenvalue weighted by atomic mass is 10.1. The van der Waals surface area contributed by atoms with Crippen LogP contribution >= 0.6 is 12.2 Å². The molecular formula is C13H17N3O3S2. The molecule has 1 aromatic carbocycles. The van der Waals surface area contributed by atoms with Gasteiger partial charge in [-0.15, -0.1) is 0 Å². The molecule has 8 heteroatoms. The molecule has 1 heterocycles. The Balaban J connectivity index is 2.18. The summed E-state index contributed by atoms with van der Waals surface area (Å²) in [5.74, 6) is -0.0536. The molecule has 21 heavy (non-hydrogen) atoms. The van der Waals surface area contributed by atoms with E-state index in [0.717, 1.165) is 0 Å². The van der Waals surface area contributed by atoms with Gasteiger partial charge >= 0.3 is 0 Å². The van der Waals surface area contributed by atoms with Gasteiger partial charge in [0.25, 0.3) is 0 Å². The number of amides is 1. The molecule has 114 valence electrons. The molecule has 0 aliphatic carbocycles. The van der Waals surface area contributed by atoms with Crippen molar-refractivity contribution in [3.8, 4) is 0 Å².